The van der Waals surface area contributed by atoms with E-state index < -0.39 is 0 Å². The van der Waals surface area contributed by atoms with Gasteiger partial charge in [-0.25, -0.2) is 0 Å². The summed E-state index contributed by atoms with van der Waals surface area (Å²) in [6.07, 6.45) is 1.61. The number of alkyl halides is 1. The lowest BCUT2D eigenvalue weighted by Gasteiger charge is -2.34. The number of nitrogens with zero attached hydrogens (tertiary/aromatic N) is 4. The van der Waals surface area contributed by atoms with Crippen LogP contribution in [0.5, 0.6) is 0 Å². The second-order valence-corrected chi connectivity index (χ2v) is 7.88. The topological polar surface area (TPSA) is 86.2 Å². The third-order valence-electron chi connectivity index (χ3n) is 4.96. The molecule has 2 aromatic rings. The Kier molecular flexibility index (Phi) is 10.4. The Hall–Kier alpha value is -1.21. The first-order valence-electron chi connectivity index (χ1n) is 10.4. The molecule has 0 unspecified atom stereocenters. The molecule has 10 heteroatoms. The van der Waals surface area contributed by atoms with E-state index in [0.717, 1.165) is 73.0 Å². The van der Waals surface area contributed by atoms with E-state index in [0.29, 0.717) is 33.0 Å². The maximum atomic E-state index is 5.56. The van der Waals surface area contributed by atoms with Crippen molar-refractivity contribution < 1.29 is 23.3 Å². The Balaban J connectivity index is 1.27. The monoisotopic (exact) mass is 534 g/mol. The minimum absolute atomic E-state index is 0.578. The summed E-state index contributed by atoms with van der Waals surface area (Å²) in [5.41, 5.74) is 0.937. The van der Waals surface area contributed by atoms with Crippen LogP contribution in [0.15, 0.2) is 21.2 Å². The van der Waals surface area contributed by atoms with E-state index in [2.05, 4.69) is 42.7 Å². The molecule has 0 N–H and O–H groups in total. The van der Waals surface area contributed by atoms with Crippen molar-refractivity contribution in [3.63, 3.8) is 0 Å². The van der Waals surface area contributed by atoms with E-state index >= 15 is 0 Å². The van der Waals surface area contributed by atoms with E-state index in [1.54, 1.807) is 7.11 Å². The highest BCUT2D eigenvalue weighted by Gasteiger charge is 2.20. The minimum atomic E-state index is 0.578. The van der Waals surface area contributed by atoms with Gasteiger partial charge in [0.2, 0.25) is 0 Å². The first-order chi connectivity index (χ1) is 14.8. The molecule has 30 heavy (non-hydrogen) atoms. The summed E-state index contributed by atoms with van der Waals surface area (Å²) in [6.45, 7) is 7.88. The highest BCUT2D eigenvalue weighted by atomic mass is 127. The minimum Gasteiger partial charge on any atom is -0.382 e. The van der Waals surface area contributed by atoms with Crippen LogP contribution >= 0.6 is 22.6 Å². The Morgan fingerprint density at radius 3 is 2.37 bits per heavy atom. The van der Waals surface area contributed by atoms with Crippen LogP contribution in [0.25, 0.3) is 0 Å². The lowest BCUT2D eigenvalue weighted by Crippen LogP contribution is -2.47. The van der Waals surface area contributed by atoms with Crippen molar-refractivity contribution in [2.75, 3.05) is 77.8 Å². The first kappa shape index (κ1) is 23.5. The number of hydrogen-bond acceptors (Lipinski definition) is 9. The van der Waals surface area contributed by atoms with E-state index in [4.69, 9.17) is 23.3 Å². The molecule has 0 amide bonds. The van der Waals surface area contributed by atoms with Crippen LogP contribution in [0, 0.1) is 0 Å². The summed E-state index contributed by atoms with van der Waals surface area (Å²) in [7, 11) is 1.66. The third kappa shape index (κ3) is 7.80. The predicted octanol–water partition coefficient (Wildman–Crippen LogP) is 2.18. The zero-order valence-corrected chi connectivity index (χ0v) is 19.7. The summed E-state index contributed by atoms with van der Waals surface area (Å²) in [6, 6.07) is 4.08. The molecule has 0 spiro atoms. The first-order valence-corrected chi connectivity index (χ1v) is 11.9. The number of anilines is 1. The van der Waals surface area contributed by atoms with Crippen LogP contribution in [0.1, 0.15) is 17.2 Å². The van der Waals surface area contributed by atoms with Crippen molar-refractivity contribution in [2.24, 2.45) is 0 Å². The van der Waals surface area contributed by atoms with Gasteiger partial charge in [0.05, 0.1) is 43.2 Å². The number of halogens is 1. The lowest BCUT2D eigenvalue weighted by atomic mass is 10.2. The molecule has 0 aromatic carbocycles. The van der Waals surface area contributed by atoms with Gasteiger partial charge in [-0.2, -0.15) is 0 Å². The molecule has 2 aromatic heterocycles. The van der Waals surface area contributed by atoms with Gasteiger partial charge >= 0.3 is 0 Å². The summed E-state index contributed by atoms with van der Waals surface area (Å²) < 4.78 is 27.5. The van der Waals surface area contributed by atoms with Gasteiger partial charge in [-0.15, -0.1) is 0 Å². The third-order valence-corrected chi connectivity index (χ3v) is 5.71. The average Bonchev–Trinajstić information content (AvgIpc) is 3.44. The maximum absolute atomic E-state index is 5.56. The van der Waals surface area contributed by atoms with Crippen LogP contribution in [0.4, 0.5) is 5.82 Å². The van der Waals surface area contributed by atoms with Crippen molar-refractivity contribution >= 4 is 28.4 Å². The molecule has 0 aliphatic carbocycles. The molecule has 1 aliphatic rings. The fourth-order valence-corrected chi connectivity index (χ4v) is 3.57. The largest absolute Gasteiger partial charge is 0.382 e. The van der Waals surface area contributed by atoms with Crippen molar-refractivity contribution in [1.29, 1.82) is 0 Å². The number of methoxy groups -OCH3 is 1. The summed E-state index contributed by atoms with van der Waals surface area (Å²) in [5.74, 6) is 2.80. The van der Waals surface area contributed by atoms with Crippen LogP contribution in [-0.4, -0.2) is 88.1 Å². The molecule has 168 valence electrons. The van der Waals surface area contributed by atoms with E-state index in [1.165, 1.54) is 0 Å². The molecular formula is C20H31IN4O5. The zero-order chi connectivity index (χ0) is 21.0. The number of rotatable bonds is 14. The molecule has 1 aliphatic heterocycles. The molecule has 0 radical (unpaired) electrons. The second kappa shape index (κ2) is 13.3. The van der Waals surface area contributed by atoms with Crippen molar-refractivity contribution in [2.45, 2.75) is 17.3 Å². The second-order valence-electron chi connectivity index (χ2n) is 7.12. The Morgan fingerprint density at radius 2 is 1.63 bits per heavy atom. The van der Waals surface area contributed by atoms with Crippen molar-refractivity contribution in [3.05, 3.63) is 29.3 Å². The van der Waals surface area contributed by atoms with E-state index in [9.17, 15) is 0 Å². The number of piperazine rings is 1. The number of hydrogen-bond donors (Lipinski definition) is 0. The summed E-state index contributed by atoms with van der Waals surface area (Å²) in [5, 5.41) is 8.32. The lowest BCUT2D eigenvalue weighted by molar-refractivity contribution is 0.0253. The molecule has 0 atom stereocenters. The van der Waals surface area contributed by atoms with Crippen LogP contribution in [0.2, 0.25) is 0 Å². The van der Waals surface area contributed by atoms with Gasteiger partial charge in [-0.05, 0) is 0 Å². The Bertz CT molecular complexity index is 718. The smallest absolute Gasteiger partial charge is 0.172 e. The van der Waals surface area contributed by atoms with Crippen LogP contribution in [-0.2, 0) is 31.5 Å². The normalized spacial score (nSPS) is 15.2. The molecule has 1 fully saturated rings. The summed E-state index contributed by atoms with van der Waals surface area (Å²) >= 11 is 2.28. The molecule has 9 nitrogen and oxygen atoms in total. The average molecular weight is 534 g/mol. The standard InChI is InChI=1S/C20H31IN4O5/c1-26-10-11-28-13-12-27-9-3-17-14-18(29-22-17)2-4-24-5-7-25(8-6-24)20-15-19(16-21)30-23-20/h14-15H,2-13,16H2,1H3. The Labute approximate surface area is 191 Å². The highest BCUT2D eigenvalue weighted by molar-refractivity contribution is 14.1. The van der Waals surface area contributed by atoms with Crippen molar-refractivity contribution in [1.82, 2.24) is 15.2 Å². The quantitative estimate of drug-likeness (QED) is 0.206. The maximum Gasteiger partial charge on any atom is 0.172 e. The van der Waals surface area contributed by atoms with Gasteiger partial charge in [0.15, 0.2) is 5.82 Å². The van der Waals surface area contributed by atoms with Crippen molar-refractivity contribution in [3.8, 4) is 0 Å². The molecule has 3 heterocycles. The van der Waals surface area contributed by atoms with Gasteiger partial charge in [0.1, 0.15) is 11.5 Å². The summed E-state index contributed by atoms with van der Waals surface area (Å²) in [4.78, 5) is 4.73. The fraction of sp³-hybridized carbons (Fsp3) is 0.700. The van der Waals surface area contributed by atoms with Gasteiger partial charge in [0.25, 0.3) is 0 Å². The number of ether oxygens (including phenoxy) is 3. The van der Waals surface area contributed by atoms with Gasteiger partial charge < -0.3 is 28.2 Å². The fourth-order valence-electron chi connectivity index (χ4n) is 3.22. The molecule has 0 bridgehead atoms. The van der Waals surface area contributed by atoms with Gasteiger partial charge in [-0.1, -0.05) is 32.9 Å². The van der Waals surface area contributed by atoms with Gasteiger partial charge in [-0.3, -0.25) is 4.90 Å². The highest BCUT2D eigenvalue weighted by Crippen LogP contribution is 2.18. The predicted molar refractivity (Wildman–Crippen MR) is 120 cm³/mol. The molecule has 0 saturated carbocycles. The zero-order valence-electron chi connectivity index (χ0n) is 17.6. The molecule has 3 rings (SSSR count). The van der Waals surface area contributed by atoms with Gasteiger partial charge in [0, 0.05) is 64.8 Å². The Morgan fingerprint density at radius 1 is 0.900 bits per heavy atom. The van der Waals surface area contributed by atoms with Crippen LogP contribution < -0.4 is 4.90 Å². The molecule has 1 saturated heterocycles. The molecular weight excluding hydrogens is 503 g/mol. The SMILES string of the molecule is COCCOCCOCCc1cc(CCN2CCN(c3cc(CI)on3)CC2)on1. The van der Waals surface area contributed by atoms with E-state index in [-0.39, 0.29) is 0 Å². The van der Waals surface area contributed by atoms with Crippen LogP contribution in [0.3, 0.4) is 0 Å². The van der Waals surface area contributed by atoms with E-state index in [1.807, 2.05) is 12.1 Å². The number of aromatic nitrogens is 2.